The smallest absolute Gasteiger partial charge is 0.232 e. The van der Waals surface area contributed by atoms with Gasteiger partial charge in [-0.3, -0.25) is 0 Å². The molecule has 2 aromatic heterocycles. The van der Waals surface area contributed by atoms with E-state index in [1.165, 1.54) is 3.97 Å². The SMILES string of the molecule is Cc1ccc(S(=O)(=O)n2c(-c3cccs3)c(-c3ccccc3)c3ccccc32)cc1. The fourth-order valence-corrected chi connectivity index (χ4v) is 6.17. The van der Waals surface area contributed by atoms with Crippen molar-refractivity contribution in [3.05, 3.63) is 102 Å². The molecule has 0 aliphatic rings. The van der Waals surface area contributed by atoms with Gasteiger partial charge in [0, 0.05) is 10.9 Å². The molecule has 0 spiro atoms. The quantitative estimate of drug-likeness (QED) is 0.324. The summed E-state index contributed by atoms with van der Waals surface area (Å²) in [4.78, 5) is 1.20. The fourth-order valence-electron chi connectivity index (χ4n) is 3.81. The van der Waals surface area contributed by atoms with Crippen LogP contribution in [0.4, 0.5) is 0 Å². The summed E-state index contributed by atoms with van der Waals surface area (Å²) >= 11 is 1.54. The van der Waals surface area contributed by atoms with Gasteiger partial charge in [-0.15, -0.1) is 11.3 Å². The molecule has 0 saturated heterocycles. The molecule has 5 heteroatoms. The molecule has 5 rings (SSSR count). The third-order valence-electron chi connectivity index (χ3n) is 5.21. The number of fused-ring (bicyclic) bond motifs is 1. The maximum absolute atomic E-state index is 13.9. The van der Waals surface area contributed by atoms with Crippen molar-refractivity contribution in [1.29, 1.82) is 0 Å². The first kappa shape index (κ1) is 18.9. The summed E-state index contributed by atoms with van der Waals surface area (Å²) in [7, 11) is -3.80. The van der Waals surface area contributed by atoms with Gasteiger partial charge in [0.15, 0.2) is 0 Å². The standard InChI is InChI=1S/C25H19NO2S2/c1-18-13-15-20(16-14-18)30(27,28)26-22-11-6-5-10-21(22)24(19-8-3-2-4-9-19)25(26)23-12-7-17-29-23/h2-17H,1H3. The summed E-state index contributed by atoms with van der Waals surface area (Å²) in [5.74, 6) is 0. The summed E-state index contributed by atoms with van der Waals surface area (Å²) in [5, 5.41) is 2.90. The minimum Gasteiger partial charge on any atom is -0.232 e. The number of hydrogen-bond acceptors (Lipinski definition) is 3. The topological polar surface area (TPSA) is 39.1 Å². The van der Waals surface area contributed by atoms with Crippen LogP contribution in [-0.4, -0.2) is 12.4 Å². The molecule has 0 aliphatic carbocycles. The first-order chi connectivity index (χ1) is 14.6. The first-order valence-corrected chi connectivity index (χ1v) is 11.9. The first-order valence-electron chi connectivity index (χ1n) is 9.62. The van der Waals surface area contributed by atoms with Gasteiger partial charge in [-0.05, 0) is 42.1 Å². The molecule has 0 saturated carbocycles. The Labute approximate surface area is 179 Å². The van der Waals surface area contributed by atoms with Crippen LogP contribution in [0.15, 0.2) is 101 Å². The second kappa shape index (κ2) is 7.27. The number of aromatic nitrogens is 1. The van der Waals surface area contributed by atoms with Crippen LogP contribution in [0.25, 0.3) is 32.6 Å². The van der Waals surface area contributed by atoms with Crippen molar-refractivity contribution < 1.29 is 8.42 Å². The second-order valence-corrected chi connectivity index (χ2v) is 9.90. The van der Waals surface area contributed by atoms with Crippen molar-refractivity contribution in [3.63, 3.8) is 0 Å². The number of rotatable bonds is 4. The molecule has 3 nitrogen and oxygen atoms in total. The van der Waals surface area contributed by atoms with Crippen molar-refractivity contribution in [2.24, 2.45) is 0 Å². The molecule has 0 amide bonds. The van der Waals surface area contributed by atoms with E-state index in [0.29, 0.717) is 11.2 Å². The summed E-state index contributed by atoms with van der Waals surface area (Å²) in [6.45, 7) is 1.95. The number of para-hydroxylation sites is 1. The molecule has 5 aromatic rings. The highest BCUT2D eigenvalue weighted by atomic mass is 32.2. The molecule has 148 valence electrons. The Morgan fingerprint density at radius 3 is 2.17 bits per heavy atom. The number of hydrogen-bond donors (Lipinski definition) is 0. The Morgan fingerprint density at radius 2 is 1.47 bits per heavy atom. The van der Waals surface area contributed by atoms with Gasteiger partial charge in [-0.2, -0.15) is 0 Å². The zero-order chi connectivity index (χ0) is 20.7. The van der Waals surface area contributed by atoms with Crippen LogP contribution in [0.2, 0.25) is 0 Å². The van der Waals surface area contributed by atoms with Crippen molar-refractivity contribution in [2.75, 3.05) is 0 Å². The zero-order valence-corrected chi connectivity index (χ0v) is 18.0. The minimum absolute atomic E-state index is 0.284. The van der Waals surface area contributed by atoms with E-state index in [-0.39, 0.29) is 4.90 Å². The molecule has 0 unspecified atom stereocenters. The highest BCUT2D eigenvalue weighted by Gasteiger charge is 2.28. The van der Waals surface area contributed by atoms with Crippen LogP contribution in [0.3, 0.4) is 0 Å². The van der Waals surface area contributed by atoms with Gasteiger partial charge in [0.2, 0.25) is 0 Å². The molecular formula is C25H19NO2S2. The van der Waals surface area contributed by atoms with Crippen molar-refractivity contribution >= 4 is 32.3 Å². The van der Waals surface area contributed by atoms with Gasteiger partial charge in [-0.25, -0.2) is 12.4 Å². The number of aryl methyl sites for hydroxylation is 1. The van der Waals surface area contributed by atoms with Crippen LogP contribution in [0.1, 0.15) is 5.56 Å². The van der Waals surface area contributed by atoms with E-state index in [1.54, 1.807) is 23.5 Å². The molecular weight excluding hydrogens is 410 g/mol. The normalized spacial score (nSPS) is 11.8. The molecule has 0 radical (unpaired) electrons. The fraction of sp³-hybridized carbons (Fsp3) is 0.0400. The monoisotopic (exact) mass is 429 g/mol. The second-order valence-electron chi connectivity index (χ2n) is 7.17. The predicted octanol–water partition coefficient (Wildman–Crippen LogP) is 6.58. The van der Waals surface area contributed by atoms with Gasteiger partial charge < -0.3 is 0 Å². The lowest BCUT2D eigenvalue weighted by Gasteiger charge is -2.13. The lowest BCUT2D eigenvalue weighted by molar-refractivity contribution is 0.589. The summed E-state index contributed by atoms with van der Waals surface area (Å²) < 4.78 is 29.3. The molecule has 0 aliphatic heterocycles. The van der Waals surface area contributed by atoms with Crippen LogP contribution in [0.5, 0.6) is 0 Å². The average Bonchev–Trinajstić information content (AvgIpc) is 3.41. The van der Waals surface area contributed by atoms with E-state index >= 15 is 0 Å². The van der Waals surface area contributed by atoms with E-state index < -0.39 is 10.0 Å². The lowest BCUT2D eigenvalue weighted by Crippen LogP contribution is -2.14. The highest BCUT2D eigenvalue weighted by Crippen LogP contribution is 2.44. The largest absolute Gasteiger partial charge is 0.268 e. The average molecular weight is 430 g/mol. The molecule has 2 heterocycles. The predicted molar refractivity (Wildman–Crippen MR) is 124 cm³/mol. The van der Waals surface area contributed by atoms with Crippen LogP contribution in [-0.2, 0) is 10.0 Å². The lowest BCUT2D eigenvalue weighted by atomic mass is 10.0. The van der Waals surface area contributed by atoms with Gasteiger partial charge in [0.05, 0.1) is 21.0 Å². The minimum atomic E-state index is -3.80. The van der Waals surface area contributed by atoms with Gasteiger partial charge in [0.25, 0.3) is 10.0 Å². The molecule has 0 bridgehead atoms. The van der Waals surface area contributed by atoms with Crippen LogP contribution < -0.4 is 0 Å². The van der Waals surface area contributed by atoms with E-state index in [1.807, 2.05) is 91.2 Å². The third kappa shape index (κ3) is 2.98. The zero-order valence-electron chi connectivity index (χ0n) is 16.3. The van der Waals surface area contributed by atoms with Crippen LogP contribution in [0, 0.1) is 6.92 Å². The van der Waals surface area contributed by atoms with Gasteiger partial charge in [0.1, 0.15) is 0 Å². The van der Waals surface area contributed by atoms with Crippen molar-refractivity contribution in [1.82, 2.24) is 3.97 Å². The molecule has 3 aromatic carbocycles. The Kier molecular flexibility index (Phi) is 4.57. The summed E-state index contributed by atoms with van der Waals surface area (Å²) in [6, 6.07) is 28.7. The molecule has 0 fully saturated rings. The summed E-state index contributed by atoms with van der Waals surface area (Å²) in [5.41, 5.74) is 4.34. The Morgan fingerprint density at radius 1 is 0.767 bits per heavy atom. The van der Waals surface area contributed by atoms with E-state index in [0.717, 1.165) is 27.0 Å². The number of nitrogens with zero attached hydrogens (tertiary/aromatic N) is 1. The molecule has 0 atom stereocenters. The number of benzene rings is 3. The van der Waals surface area contributed by atoms with E-state index in [4.69, 9.17) is 0 Å². The highest BCUT2D eigenvalue weighted by molar-refractivity contribution is 7.90. The van der Waals surface area contributed by atoms with Gasteiger partial charge in [-0.1, -0.05) is 72.3 Å². The molecule has 0 N–H and O–H groups in total. The Hall–Kier alpha value is -3.15. The van der Waals surface area contributed by atoms with Gasteiger partial charge >= 0.3 is 0 Å². The summed E-state index contributed by atoms with van der Waals surface area (Å²) in [6.07, 6.45) is 0. The Bertz CT molecular complexity index is 1430. The van der Waals surface area contributed by atoms with Crippen molar-refractivity contribution in [2.45, 2.75) is 11.8 Å². The number of thiophene rings is 1. The maximum atomic E-state index is 13.9. The Balaban J connectivity index is 1.94. The van der Waals surface area contributed by atoms with E-state index in [9.17, 15) is 8.42 Å². The van der Waals surface area contributed by atoms with Crippen LogP contribution >= 0.6 is 11.3 Å². The van der Waals surface area contributed by atoms with Crippen molar-refractivity contribution in [3.8, 4) is 21.7 Å². The maximum Gasteiger partial charge on any atom is 0.268 e. The molecule has 30 heavy (non-hydrogen) atoms. The third-order valence-corrected chi connectivity index (χ3v) is 7.81. The van der Waals surface area contributed by atoms with E-state index in [2.05, 4.69) is 0 Å².